The van der Waals surface area contributed by atoms with E-state index in [1.807, 2.05) is 0 Å². The lowest BCUT2D eigenvalue weighted by molar-refractivity contribution is 0.533. The van der Waals surface area contributed by atoms with Crippen molar-refractivity contribution in [3.8, 4) is 0 Å². The molecule has 8 heteroatoms. The van der Waals surface area contributed by atoms with Crippen molar-refractivity contribution in [1.29, 1.82) is 0 Å². The van der Waals surface area contributed by atoms with Gasteiger partial charge < -0.3 is 9.80 Å². The Balaban J connectivity index is 1.73. The van der Waals surface area contributed by atoms with Crippen LogP contribution in [0.4, 0.5) is 16.0 Å². The largest absolute Gasteiger partial charge is 0.352 e. The zero-order chi connectivity index (χ0) is 14.8. The van der Waals surface area contributed by atoms with Crippen LogP contribution in [0.25, 0.3) is 0 Å². The lowest BCUT2D eigenvalue weighted by atomic mass is 10.2. The predicted molar refractivity (Wildman–Crippen MR) is 80.7 cm³/mol. The minimum absolute atomic E-state index is 0.193. The van der Waals surface area contributed by atoms with E-state index >= 15 is 0 Å². The highest BCUT2D eigenvalue weighted by Gasteiger charge is 2.25. The first-order valence-electron chi connectivity index (χ1n) is 6.60. The van der Waals surface area contributed by atoms with Crippen LogP contribution in [-0.4, -0.2) is 45.6 Å². The van der Waals surface area contributed by atoms with E-state index in [9.17, 15) is 4.39 Å². The number of rotatable bonds is 2. The lowest BCUT2D eigenvalue weighted by Gasteiger charge is -2.40. The minimum Gasteiger partial charge on any atom is -0.352 e. The Morgan fingerprint density at radius 2 is 2.00 bits per heavy atom. The van der Waals surface area contributed by atoms with E-state index in [1.54, 1.807) is 12.4 Å². The van der Waals surface area contributed by atoms with Gasteiger partial charge in [-0.15, -0.1) is 0 Å². The van der Waals surface area contributed by atoms with E-state index in [4.69, 9.17) is 0 Å². The lowest BCUT2D eigenvalue weighted by Crippen LogP contribution is -2.52. The number of piperazine rings is 1. The smallest absolute Gasteiger partial charge is 0.218 e. The third kappa shape index (κ3) is 3.10. The molecule has 0 amide bonds. The molecule has 0 radical (unpaired) electrons. The van der Waals surface area contributed by atoms with Gasteiger partial charge in [0.25, 0.3) is 0 Å². The summed E-state index contributed by atoms with van der Waals surface area (Å²) in [4.78, 5) is 20.4. The highest BCUT2D eigenvalue weighted by Crippen LogP contribution is 2.21. The minimum atomic E-state index is -0.506. The number of halogens is 2. The van der Waals surface area contributed by atoms with Crippen LogP contribution in [0.15, 0.2) is 29.4 Å². The van der Waals surface area contributed by atoms with Crippen molar-refractivity contribution < 1.29 is 4.39 Å². The summed E-state index contributed by atoms with van der Waals surface area (Å²) in [6.45, 7) is 4.39. The number of hydrogen-bond acceptors (Lipinski definition) is 6. The average molecular weight is 353 g/mol. The van der Waals surface area contributed by atoms with Gasteiger partial charge in [-0.25, -0.2) is 19.9 Å². The molecule has 0 spiro atoms. The summed E-state index contributed by atoms with van der Waals surface area (Å²) in [6, 6.07) is 1.56. The maximum Gasteiger partial charge on any atom is 0.218 e. The maximum atomic E-state index is 13.2. The van der Waals surface area contributed by atoms with Crippen LogP contribution in [-0.2, 0) is 0 Å². The molecule has 2 aromatic rings. The zero-order valence-corrected chi connectivity index (χ0v) is 13.0. The van der Waals surface area contributed by atoms with Gasteiger partial charge in [-0.3, -0.25) is 0 Å². The van der Waals surface area contributed by atoms with E-state index in [1.165, 1.54) is 12.4 Å². The third-order valence-electron chi connectivity index (χ3n) is 3.47. The molecule has 0 bridgehead atoms. The fourth-order valence-corrected chi connectivity index (χ4v) is 2.66. The summed E-state index contributed by atoms with van der Waals surface area (Å²) in [5.41, 5.74) is 0. The van der Waals surface area contributed by atoms with Crippen LogP contribution >= 0.6 is 15.9 Å². The highest BCUT2D eigenvalue weighted by molar-refractivity contribution is 9.10. The first kappa shape index (κ1) is 14.1. The van der Waals surface area contributed by atoms with Gasteiger partial charge in [0.1, 0.15) is 22.6 Å². The summed E-state index contributed by atoms with van der Waals surface area (Å²) in [7, 11) is 0. The van der Waals surface area contributed by atoms with Crippen molar-refractivity contribution in [1.82, 2.24) is 19.9 Å². The van der Waals surface area contributed by atoms with Crippen molar-refractivity contribution in [3.63, 3.8) is 0 Å². The molecule has 2 aromatic heterocycles. The second-order valence-corrected chi connectivity index (χ2v) is 5.70. The Kier molecular flexibility index (Phi) is 3.96. The van der Waals surface area contributed by atoms with E-state index in [0.717, 1.165) is 30.1 Å². The standard InChI is InChI=1S/C13H14BrFN6/c1-9-7-20(13-6-16-10(14)5-17-13)2-3-21(9)12-4-11(15)18-8-19-12/h4-6,8-9H,2-3,7H2,1H3/t9-/m0/s1. The van der Waals surface area contributed by atoms with Gasteiger partial charge in [0, 0.05) is 31.7 Å². The van der Waals surface area contributed by atoms with Gasteiger partial charge >= 0.3 is 0 Å². The molecular formula is C13H14BrFN6. The normalized spacial score (nSPS) is 18.9. The van der Waals surface area contributed by atoms with Crippen LogP contribution < -0.4 is 9.80 Å². The first-order chi connectivity index (χ1) is 10.1. The molecule has 110 valence electrons. The van der Waals surface area contributed by atoms with Gasteiger partial charge in [-0.05, 0) is 22.9 Å². The molecule has 6 nitrogen and oxygen atoms in total. The number of hydrogen-bond donors (Lipinski definition) is 0. The predicted octanol–water partition coefficient (Wildman–Crippen LogP) is 1.88. The second-order valence-electron chi connectivity index (χ2n) is 4.88. The Morgan fingerprint density at radius 1 is 1.14 bits per heavy atom. The highest BCUT2D eigenvalue weighted by atomic mass is 79.9. The van der Waals surface area contributed by atoms with Crippen LogP contribution in [0.3, 0.4) is 0 Å². The maximum absolute atomic E-state index is 13.2. The zero-order valence-electron chi connectivity index (χ0n) is 11.4. The number of anilines is 2. The van der Waals surface area contributed by atoms with Crippen molar-refractivity contribution in [3.05, 3.63) is 35.3 Å². The van der Waals surface area contributed by atoms with Gasteiger partial charge in [-0.2, -0.15) is 4.39 Å². The van der Waals surface area contributed by atoms with Gasteiger partial charge in [0.05, 0.1) is 12.4 Å². The fourth-order valence-electron chi connectivity index (χ4n) is 2.46. The van der Waals surface area contributed by atoms with Gasteiger partial charge in [0.15, 0.2) is 0 Å². The molecule has 0 N–H and O–H groups in total. The van der Waals surface area contributed by atoms with E-state index in [0.29, 0.717) is 5.82 Å². The quantitative estimate of drug-likeness (QED) is 0.769. The molecule has 1 aliphatic heterocycles. The number of aromatic nitrogens is 4. The molecule has 0 saturated carbocycles. The molecule has 1 atom stereocenters. The monoisotopic (exact) mass is 352 g/mol. The fraction of sp³-hybridized carbons (Fsp3) is 0.385. The molecule has 0 aromatic carbocycles. The average Bonchev–Trinajstić information content (AvgIpc) is 2.48. The number of nitrogens with zero attached hydrogens (tertiary/aromatic N) is 6. The van der Waals surface area contributed by atoms with Crippen molar-refractivity contribution in [2.45, 2.75) is 13.0 Å². The Morgan fingerprint density at radius 3 is 2.67 bits per heavy atom. The molecular weight excluding hydrogens is 339 g/mol. The summed E-state index contributed by atoms with van der Waals surface area (Å²) in [5.74, 6) is 0.962. The van der Waals surface area contributed by atoms with Crippen LogP contribution in [0.5, 0.6) is 0 Å². The van der Waals surface area contributed by atoms with Crippen molar-refractivity contribution in [2.24, 2.45) is 0 Å². The van der Waals surface area contributed by atoms with Crippen molar-refractivity contribution in [2.75, 3.05) is 29.4 Å². The van der Waals surface area contributed by atoms with E-state index in [-0.39, 0.29) is 6.04 Å². The Bertz CT molecular complexity index is 622. The molecule has 0 unspecified atom stereocenters. The molecule has 21 heavy (non-hydrogen) atoms. The molecule has 3 rings (SSSR count). The van der Waals surface area contributed by atoms with Crippen LogP contribution in [0, 0.1) is 5.95 Å². The molecule has 1 saturated heterocycles. The summed E-state index contributed by atoms with van der Waals surface area (Å²) in [5, 5.41) is 0. The SMILES string of the molecule is C[C@H]1CN(c2cnc(Br)cn2)CCN1c1cc(F)ncn1. The molecule has 0 aliphatic carbocycles. The second kappa shape index (κ2) is 5.88. The first-order valence-corrected chi connectivity index (χ1v) is 7.39. The summed E-state index contributed by atoms with van der Waals surface area (Å²) in [6.07, 6.45) is 4.69. The van der Waals surface area contributed by atoms with Gasteiger partial charge in [0.2, 0.25) is 5.95 Å². The van der Waals surface area contributed by atoms with Crippen LogP contribution in [0.1, 0.15) is 6.92 Å². The molecule has 1 aliphatic rings. The van der Waals surface area contributed by atoms with E-state index in [2.05, 4.69) is 52.6 Å². The van der Waals surface area contributed by atoms with Gasteiger partial charge in [-0.1, -0.05) is 0 Å². The molecule has 1 fully saturated rings. The summed E-state index contributed by atoms with van der Waals surface area (Å²) >= 11 is 3.28. The Hall–Kier alpha value is -1.83. The molecule has 3 heterocycles. The Labute approximate surface area is 130 Å². The third-order valence-corrected chi connectivity index (χ3v) is 3.88. The van der Waals surface area contributed by atoms with Crippen molar-refractivity contribution >= 4 is 27.6 Å². The van der Waals surface area contributed by atoms with Crippen LogP contribution in [0.2, 0.25) is 0 Å². The summed E-state index contributed by atoms with van der Waals surface area (Å²) < 4.78 is 13.9. The topological polar surface area (TPSA) is 58.0 Å². The van der Waals surface area contributed by atoms with E-state index < -0.39 is 5.95 Å².